The minimum absolute atomic E-state index is 0.429. The van der Waals surface area contributed by atoms with Gasteiger partial charge < -0.3 is 0 Å². The van der Waals surface area contributed by atoms with Gasteiger partial charge in [0.15, 0.2) is 0 Å². The molecule has 1 aromatic heterocycles. The van der Waals surface area contributed by atoms with Crippen LogP contribution in [0.15, 0.2) is 158 Å². The van der Waals surface area contributed by atoms with Crippen molar-refractivity contribution in [2.75, 3.05) is 0 Å². The van der Waals surface area contributed by atoms with Gasteiger partial charge in [0.2, 0.25) is 0 Å². The van der Waals surface area contributed by atoms with E-state index in [1.54, 1.807) is 0 Å². The molecule has 0 saturated carbocycles. The van der Waals surface area contributed by atoms with Crippen molar-refractivity contribution in [3.8, 4) is 22.3 Å². The fourth-order valence-electron chi connectivity index (χ4n) is 9.45. The maximum Gasteiger partial charge on any atom is 0.0720 e. The predicted octanol–water partition coefficient (Wildman–Crippen LogP) is 11.1. The molecule has 3 aliphatic carbocycles. The Labute approximate surface area is 265 Å². The summed E-state index contributed by atoms with van der Waals surface area (Å²) in [5.41, 5.74) is 15.6. The molecule has 0 unspecified atom stereocenters. The van der Waals surface area contributed by atoms with Crippen LogP contribution in [0.2, 0.25) is 0 Å². The summed E-state index contributed by atoms with van der Waals surface area (Å²) in [5, 5.41) is 2.69. The van der Waals surface area contributed by atoms with Crippen LogP contribution < -0.4 is 0 Å². The average molecular weight is 587 g/mol. The van der Waals surface area contributed by atoms with E-state index in [4.69, 9.17) is 0 Å². The fourth-order valence-corrected chi connectivity index (χ4v) is 10.6. The number of hydrogen-bond donors (Lipinski definition) is 0. The number of thiophene rings is 1. The highest BCUT2D eigenvalue weighted by atomic mass is 32.1. The average Bonchev–Trinajstić information content (AvgIpc) is 3.72. The van der Waals surface area contributed by atoms with Gasteiger partial charge >= 0.3 is 0 Å². The van der Waals surface area contributed by atoms with Crippen LogP contribution in [0.4, 0.5) is 0 Å². The van der Waals surface area contributed by atoms with Crippen molar-refractivity contribution >= 4 is 31.5 Å². The molecule has 208 valence electrons. The number of hydrogen-bond acceptors (Lipinski definition) is 1. The van der Waals surface area contributed by atoms with Crippen LogP contribution in [0.3, 0.4) is 0 Å². The Morgan fingerprint density at radius 2 is 0.667 bits per heavy atom. The summed E-state index contributed by atoms with van der Waals surface area (Å²) in [6.07, 6.45) is 0. The number of rotatable bonds is 0. The molecule has 1 heterocycles. The SMILES string of the molecule is c1ccc2c(c1)-c1ccccc1C21c2ccccc2C2(c3ccccc3-c3ccccc32)c2cc3c(cc21)sc1ccccc13. The third-order valence-corrected chi connectivity index (χ3v) is 12.1. The second-order valence-corrected chi connectivity index (χ2v) is 13.8. The van der Waals surface area contributed by atoms with E-state index in [2.05, 4.69) is 158 Å². The second kappa shape index (κ2) is 8.27. The van der Waals surface area contributed by atoms with E-state index in [0.717, 1.165) is 0 Å². The van der Waals surface area contributed by atoms with Crippen molar-refractivity contribution in [1.29, 1.82) is 0 Å². The molecule has 7 aromatic carbocycles. The molecule has 0 radical (unpaired) electrons. The zero-order valence-electron chi connectivity index (χ0n) is 24.4. The molecule has 0 aliphatic heterocycles. The quantitative estimate of drug-likeness (QED) is 0.166. The van der Waals surface area contributed by atoms with Gasteiger partial charge in [-0.25, -0.2) is 0 Å². The van der Waals surface area contributed by atoms with Crippen molar-refractivity contribution in [2.24, 2.45) is 0 Å². The van der Waals surface area contributed by atoms with E-state index in [0.29, 0.717) is 0 Å². The summed E-state index contributed by atoms with van der Waals surface area (Å²) >= 11 is 1.92. The van der Waals surface area contributed by atoms with Crippen LogP contribution >= 0.6 is 11.3 Å². The fraction of sp³-hybridized carbons (Fsp3) is 0.0455. The molecule has 0 bridgehead atoms. The van der Waals surface area contributed by atoms with Crippen LogP contribution in [0.1, 0.15) is 44.5 Å². The normalized spacial score (nSPS) is 15.5. The molecule has 0 amide bonds. The van der Waals surface area contributed by atoms with Crippen LogP contribution in [0, 0.1) is 0 Å². The van der Waals surface area contributed by atoms with Crippen LogP contribution in [0.5, 0.6) is 0 Å². The summed E-state index contributed by atoms with van der Waals surface area (Å²) in [6, 6.07) is 60.1. The molecule has 2 spiro atoms. The Morgan fingerprint density at radius 1 is 0.289 bits per heavy atom. The van der Waals surface area contributed by atoms with Crippen molar-refractivity contribution in [1.82, 2.24) is 0 Å². The van der Waals surface area contributed by atoms with Gasteiger partial charge in [-0.05, 0) is 85.0 Å². The van der Waals surface area contributed by atoms with Gasteiger partial charge in [0, 0.05) is 20.2 Å². The monoisotopic (exact) mass is 586 g/mol. The van der Waals surface area contributed by atoms with Gasteiger partial charge in [0.05, 0.1) is 10.8 Å². The van der Waals surface area contributed by atoms with Gasteiger partial charge in [-0.15, -0.1) is 11.3 Å². The molecule has 0 nitrogen and oxygen atoms in total. The maximum absolute atomic E-state index is 2.59. The lowest BCUT2D eigenvalue weighted by atomic mass is 9.52. The summed E-state index contributed by atoms with van der Waals surface area (Å²) in [4.78, 5) is 0. The van der Waals surface area contributed by atoms with Crippen LogP contribution in [0.25, 0.3) is 42.4 Å². The highest BCUT2D eigenvalue weighted by Crippen LogP contribution is 2.67. The molecule has 0 atom stereocenters. The molecule has 1 heteroatoms. The predicted molar refractivity (Wildman–Crippen MR) is 187 cm³/mol. The highest BCUT2D eigenvalue weighted by molar-refractivity contribution is 7.25. The van der Waals surface area contributed by atoms with E-state index >= 15 is 0 Å². The molecule has 0 fully saturated rings. The Kier molecular flexibility index (Phi) is 4.43. The smallest absolute Gasteiger partial charge is 0.0720 e. The van der Waals surface area contributed by atoms with Crippen molar-refractivity contribution in [3.63, 3.8) is 0 Å². The molecule has 0 N–H and O–H groups in total. The maximum atomic E-state index is 2.59. The van der Waals surface area contributed by atoms with E-state index in [1.807, 2.05) is 11.3 Å². The highest BCUT2D eigenvalue weighted by Gasteiger charge is 2.59. The topological polar surface area (TPSA) is 0 Å². The third kappa shape index (κ3) is 2.64. The Balaban J connectivity index is 1.43. The first kappa shape index (κ1) is 24.1. The summed E-state index contributed by atoms with van der Waals surface area (Å²) in [7, 11) is 0. The Hall–Kier alpha value is -5.24. The zero-order chi connectivity index (χ0) is 29.3. The van der Waals surface area contributed by atoms with Gasteiger partial charge in [-0.1, -0.05) is 140 Å². The molecule has 11 rings (SSSR count). The lowest BCUT2D eigenvalue weighted by Crippen LogP contribution is -2.43. The summed E-state index contributed by atoms with van der Waals surface area (Å²) < 4.78 is 2.69. The first-order valence-corrected chi connectivity index (χ1v) is 16.6. The van der Waals surface area contributed by atoms with Gasteiger partial charge in [0.1, 0.15) is 0 Å². The van der Waals surface area contributed by atoms with Gasteiger partial charge in [-0.3, -0.25) is 0 Å². The number of fused-ring (bicyclic) bond motifs is 19. The molecule has 0 saturated heterocycles. The minimum atomic E-state index is -0.436. The van der Waals surface area contributed by atoms with E-state index in [9.17, 15) is 0 Å². The second-order valence-electron chi connectivity index (χ2n) is 12.7. The molecular weight excluding hydrogens is 561 g/mol. The summed E-state index contributed by atoms with van der Waals surface area (Å²) in [5.74, 6) is 0. The first-order valence-electron chi connectivity index (χ1n) is 15.8. The largest absolute Gasteiger partial charge is 0.135 e. The molecule has 3 aliphatic rings. The van der Waals surface area contributed by atoms with E-state index in [-0.39, 0.29) is 0 Å². The number of benzene rings is 7. The Bertz CT molecular complexity index is 2470. The van der Waals surface area contributed by atoms with Gasteiger partial charge in [0.25, 0.3) is 0 Å². The standard InChI is InChI=1S/C44H26S/c1-6-18-33-27(13-1)28-14-2-7-19-34(28)43(33)37-22-10-11-23-38(37)44(35-20-8-3-15-29(35)30-16-4-9-21-36(30)44)40-26-42-32(25-39(40)43)31-17-5-12-24-41(31)45-42/h1-26H. The van der Waals surface area contributed by atoms with Crippen molar-refractivity contribution in [3.05, 3.63) is 202 Å². The first-order chi connectivity index (χ1) is 22.3. The third-order valence-electron chi connectivity index (χ3n) is 11.0. The minimum Gasteiger partial charge on any atom is -0.135 e. The molecular formula is C44H26S. The van der Waals surface area contributed by atoms with Crippen molar-refractivity contribution in [2.45, 2.75) is 10.8 Å². The van der Waals surface area contributed by atoms with E-state index < -0.39 is 10.8 Å². The molecule has 45 heavy (non-hydrogen) atoms. The molecule has 8 aromatic rings. The zero-order valence-corrected chi connectivity index (χ0v) is 25.2. The lowest BCUT2D eigenvalue weighted by Gasteiger charge is -2.49. The van der Waals surface area contributed by atoms with Crippen LogP contribution in [-0.4, -0.2) is 0 Å². The Morgan fingerprint density at radius 3 is 1.16 bits per heavy atom. The van der Waals surface area contributed by atoms with Gasteiger partial charge in [-0.2, -0.15) is 0 Å². The van der Waals surface area contributed by atoms with E-state index in [1.165, 1.54) is 86.9 Å². The lowest BCUT2D eigenvalue weighted by molar-refractivity contribution is 0.634. The van der Waals surface area contributed by atoms with Crippen molar-refractivity contribution < 1.29 is 0 Å². The van der Waals surface area contributed by atoms with Crippen LogP contribution in [-0.2, 0) is 10.8 Å². The summed E-state index contributed by atoms with van der Waals surface area (Å²) in [6.45, 7) is 0.